The number of para-hydroxylation sites is 2. The van der Waals surface area contributed by atoms with Crippen molar-refractivity contribution >= 4 is 75.0 Å². The largest absolute Gasteiger partial charge is 0.278 e. The van der Waals surface area contributed by atoms with Gasteiger partial charge in [-0.25, -0.2) is 9.97 Å². The Bertz CT molecular complexity index is 2810. The van der Waals surface area contributed by atoms with E-state index >= 15 is 0 Å². The number of thiophene rings is 1. The molecule has 0 radical (unpaired) electrons. The molecule has 0 bridgehead atoms. The number of rotatable bonds is 3. The molecule has 3 heterocycles. The summed E-state index contributed by atoms with van der Waals surface area (Å²) in [5.74, 6) is 0.675. The highest BCUT2D eigenvalue weighted by molar-refractivity contribution is 7.26. The van der Waals surface area contributed by atoms with Crippen LogP contribution in [0, 0.1) is 0 Å². The maximum Gasteiger partial charge on any atom is 0.235 e. The van der Waals surface area contributed by atoms with Gasteiger partial charge in [-0.3, -0.25) is 4.57 Å². The Morgan fingerprint density at radius 1 is 0.478 bits per heavy atom. The van der Waals surface area contributed by atoms with E-state index in [4.69, 9.17) is 9.97 Å². The second-order valence-corrected chi connectivity index (χ2v) is 12.8. The molecule has 3 nitrogen and oxygen atoms in total. The second kappa shape index (κ2) is 9.83. The Hall–Kier alpha value is -5.84. The molecular formula is C42H25N3S. The van der Waals surface area contributed by atoms with E-state index in [0.29, 0.717) is 5.95 Å². The Balaban J connectivity index is 1.27. The van der Waals surface area contributed by atoms with Gasteiger partial charge in [-0.05, 0) is 52.2 Å². The van der Waals surface area contributed by atoms with E-state index in [1.807, 2.05) is 23.5 Å². The van der Waals surface area contributed by atoms with E-state index in [1.165, 1.54) is 52.8 Å². The summed E-state index contributed by atoms with van der Waals surface area (Å²) >= 11 is 1.88. The number of fused-ring (bicyclic) bond motifs is 9. The first-order valence-electron chi connectivity index (χ1n) is 15.5. The maximum atomic E-state index is 5.27. The molecule has 214 valence electrons. The molecule has 0 atom stereocenters. The summed E-state index contributed by atoms with van der Waals surface area (Å²) in [5.41, 5.74) is 7.63. The SMILES string of the molecule is c1ccc(-c2nc(-n3c4ccccc4c4c5cc(-c6cccc7c6sc6ccccc67)ccc5ccc43)nc3ccccc23)cc1. The van der Waals surface area contributed by atoms with Gasteiger partial charge in [0.2, 0.25) is 5.95 Å². The van der Waals surface area contributed by atoms with Crippen molar-refractivity contribution in [2.45, 2.75) is 0 Å². The van der Waals surface area contributed by atoms with Crippen LogP contribution in [0.15, 0.2) is 152 Å². The summed E-state index contributed by atoms with van der Waals surface area (Å²) in [6.07, 6.45) is 0. The normalized spacial score (nSPS) is 11.9. The van der Waals surface area contributed by atoms with Gasteiger partial charge in [0, 0.05) is 41.9 Å². The molecule has 10 rings (SSSR count). The zero-order chi connectivity index (χ0) is 30.2. The highest BCUT2D eigenvalue weighted by Gasteiger charge is 2.19. The van der Waals surface area contributed by atoms with Crippen LogP contribution in [0.4, 0.5) is 0 Å². The van der Waals surface area contributed by atoms with Gasteiger partial charge in [-0.1, -0.05) is 121 Å². The van der Waals surface area contributed by atoms with Crippen LogP contribution in [-0.4, -0.2) is 14.5 Å². The van der Waals surface area contributed by atoms with Crippen molar-refractivity contribution in [2.24, 2.45) is 0 Å². The summed E-state index contributed by atoms with van der Waals surface area (Å²) in [7, 11) is 0. The molecule has 0 unspecified atom stereocenters. The van der Waals surface area contributed by atoms with Crippen molar-refractivity contribution in [2.75, 3.05) is 0 Å². The molecule has 0 spiro atoms. The van der Waals surface area contributed by atoms with Crippen LogP contribution in [0.2, 0.25) is 0 Å². The number of hydrogen-bond acceptors (Lipinski definition) is 3. The first-order valence-corrected chi connectivity index (χ1v) is 16.3. The molecule has 46 heavy (non-hydrogen) atoms. The minimum absolute atomic E-state index is 0.675. The van der Waals surface area contributed by atoms with Crippen LogP contribution in [0.1, 0.15) is 0 Å². The highest BCUT2D eigenvalue weighted by Crippen LogP contribution is 2.42. The monoisotopic (exact) mass is 603 g/mol. The summed E-state index contributed by atoms with van der Waals surface area (Å²) in [6.45, 7) is 0. The minimum atomic E-state index is 0.675. The highest BCUT2D eigenvalue weighted by atomic mass is 32.1. The third kappa shape index (κ3) is 3.71. The Labute approximate surface area is 268 Å². The van der Waals surface area contributed by atoms with Crippen LogP contribution in [0.3, 0.4) is 0 Å². The number of aromatic nitrogens is 3. The van der Waals surface area contributed by atoms with Crippen LogP contribution in [-0.2, 0) is 0 Å². The molecule has 0 aliphatic heterocycles. The molecule has 0 saturated heterocycles. The van der Waals surface area contributed by atoms with Gasteiger partial charge >= 0.3 is 0 Å². The zero-order valence-corrected chi connectivity index (χ0v) is 25.5. The zero-order valence-electron chi connectivity index (χ0n) is 24.7. The summed E-state index contributed by atoms with van der Waals surface area (Å²) < 4.78 is 4.89. The predicted molar refractivity (Wildman–Crippen MR) is 195 cm³/mol. The van der Waals surface area contributed by atoms with E-state index in [2.05, 4.69) is 144 Å². The Morgan fingerprint density at radius 2 is 1.22 bits per heavy atom. The van der Waals surface area contributed by atoms with Crippen LogP contribution in [0.5, 0.6) is 0 Å². The van der Waals surface area contributed by atoms with Gasteiger partial charge in [0.05, 0.1) is 22.2 Å². The molecule has 4 heteroatoms. The van der Waals surface area contributed by atoms with Crippen LogP contribution in [0.25, 0.3) is 92.0 Å². The topological polar surface area (TPSA) is 30.7 Å². The third-order valence-electron chi connectivity index (χ3n) is 9.21. The number of hydrogen-bond donors (Lipinski definition) is 0. The van der Waals surface area contributed by atoms with Crippen molar-refractivity contribution < 1.29 is 0 Å². The average Bonchev–Trinajstić information content (AvgIpc) is 3.67. The summed E-state index contributed by atoms with van der Waals surface area (Å²) in [4.78, 5) is 10.4. The maximum absolute atomic E-state index is 5.27. The van der Waals surface area contributed by atoms with Gasteiger partial charge in [0.1, 0.15) is 0 Å². The van der Waals surface area contributed by atoms with Crippen molar-refractivity contribution in [3.05, 3.63) is 152 Å². The summed E-state index contributed by atoms with van der Waals surface area (Å²) in [6, 6.07) is 54.1. The standard InChI is InChI=1S/C42H25N3S/c1-2-11-27(12-3-1)40-32-14-4-7-18-35(32)43-42(44-40)45-36-19-8-5-15-33(36)39-34-25-28(22-21-26(34)23-24-37(39)45)29-16-10-17-31-30-13-6-9-20-38(30)46-41(29)31/h1-25H. The fraction of sp³-hybridized carbons (Fsp3) is 0. The van der Waals surface area contributed by atoms with Crippen LogP contribution < -0.4 is 0 Å². The molecule has 0 aliphatic carbocycles. The average molecular weight is 604 g/mol. The fourth-order valence-corrected chi connectivity index (χ4v) is 8.36. The molecule has 10 aromatic rings. The van der Waals surface area contributed by atoms with Crippen molar-refractivity contribution in [1.29, 1.82) is 0 Å². The van der Waals surface area contributed by atoms with E-state index in [0.717, 1.165) is 33.2 Å². The van der Waals surface area contributed by atoms with E-state index < -0.39 is 0 Å². The van der Waals surface area contributed by atoms with E-state index in [1.54, 1.807) is 0 Å². The van der Waals surface area contributed by atoms with Gasteiger partial charge in [0.25, 0.3) is 0 Å². The number of benzene rings is 7. The molecular weight excluding hydrogens is 579 g/mol. The lowest BCUT2D eigenvalue weighted by atomic mass is 9.97. The van der Waals surface area contributed by atoms with Gasteiger partial charge in [-0.15, -0.1) is 11.3 Å². The van der Waals surface area contributed by atoms with E-state index in [9.17, 15) is 0 Å². The first-order chi connectivity index (χ1) is 22.8. The van der Waals surface area contributed by atoms with Gasteiger partial charge in [0.15, 0.2) is 0 Å². The Kier molecular flexibility index (Phi) is 5.45. The quantitative estimate of drug-likeness (QED) is 0.201. The summed E-state index contributed by atoms with van der Waals surface area (Å²) in [5, 5.41) is 8.54. The van der Waals surface area contributed by atoms with Gasteiger partial charge < -0.3 is 0 Å². The lowest BCUT2D eigenvalue weighted by Gasteiger charge is -2.12. The Morgan fingerprint density at radius 3 is 2.13 bits per heavy atom. The van der Waals surface area contributed by atoms with Gasteiger partial charge in [-0.2, -0.15) is 0 Å². The van der Waals surface area contributed by atoms with Crippen molar-refractivity contribution in [3.8, 4) is 28.3 Å². The predicted octanol–water partition coefficient (Wildman–Crippen LogP) is 11.6. The lowest BCUT2D eigenvalue weighted by molar-refractivity contribution is 1.01. The fourth-order valence-electron chi connectivity index (χ4n) is 7.13. The molecule has 0 aliphatic rings. The molecule has 3 aromatic heterocycles. The van der Waals surface area contributed by atoms with Crippen LogP contribution >= 0.6 is 11.3 Å². The third-order valence-corrected chi connectivity index (χ3v) is 10.4. The van der Waals surface area contributed by atoms with E-state index in [-0.39, 0.29) is 0 Å². The molecule has 0 fully saturated rings. The molecule has 7 aromatic carbocycles. The number of nitrogens with zero attached hydrogens (tertiary/aromatic N) is 3. The minimum Gasteiger partial charge on any atom is -0.278 e. The van der Waals surface area contributed by atoms with Crippen molar-refractivity contribution in [3.63, 3.8) is 0 Å². The molecule has 0 N–H and O–H groups in total. The van der Waals surface area contributed by atoms with Crippen molar-refractivity contribution in [1.82, 2.24) is 14.5 Å². The smallest absolute Gasteiger partial charge is 0.235 e. The lowest BCUT2D eigenvalue weighted by Crippen LogP contribution is -2.03. The molecule has 0 saturated carbocycles. The molecule has 0 amide bonds. The second-order valence-electron chi connectivity index (χ2n) is 11.8. The first kappa shape index (κ1) is 25.5.